The summed E-state index contributed by atoms with van der Waals surface area (Å²) in [5.74, 6) is 0.403. The number of nitrogens with zero attached hydrogens (tertiary/aromatic N) is 2. The molecule has 0 heterocycles. The van der Waals surface area contributed by atoms with Crippen LogP contribution in [0, 0.1) is 0 Å². The van der Waals surface area contributed by atoms with Gasteiger partial charge in [0.15, 0.2) is 0 Å². The van der Waals surface area contributed by atoms with Crippen LogP contribution in [0.25, 0.3) is 11.1 Å². The number of quaternary nitrogens is 2. The van der Waals surface area contributed by atoms with E-state index in [0.717, 1.165) is 70.5 Å². The molecule has 190 valence electrons. The van der Waals surface area contributed by atoms with Gasteiger partial charge in [0.25, 0.3) is 0 Å². The molecule has 0 unspecified atom stereocenters. The molecule has 2 aromatic rings. The van der Waals surface area contributed by atoms with E-state index in [1.54, 1.807) is 0 Å². The van der Waals surface area contributed by atoms with Gasteiger partial charge in [-0.3, -0.25) is 9.59 Å². The molecule has 0 bridgehead atoms. The third-order valence-corrected chi connectivity index (χ3v) is 7.73. The molecule has 0 atom stereocenters. The van der Waals surface area contributed by atoms with Gasteiger partial charge in [0.1, 0.15) is 13.1 Å². The monoisotopic (exact) mass is 596 g/mol. The summed E-state index contributed by atoms with van der Waals surface area (Å²) in [7, 11) is 0. The van der Waals surface area contributed by atoms with Crippen molar-refractivity contribution in [3.05, 3.63) is 59.7 Å². The number of rotatable bonds is 13. The van der Waals surface area contributed by atoms with Gasteiger partial charge in [0.2, 0.25) is 11.6 Å². The van der Waals surface area contributed by atoms with Crippen molar-refractivity contribution < 1.29 is 52.5 Å². The molecule has 0 saturated heterocycles. The maximum Gasteiger partial charge on any atom is 0.216 e. The molecule has 0 aliphatic carbocycles. The van der Waals surface area contributed by atoms with E-state index in [4.69, 9.17) is 0 Å². The minimum atomic E-state index is 0. The summed E-state index contributed by atoms with van der Waals surface area (Å²) in [6.45, 7) is 19.8. The van der Waals surface area contributed by atoms with Crippen molar-refractivity contribution in [1.82, 2.24) is 0 Å². The minimum absolute atomic E-state index is 0. The Bertz CT molecular complexity index is 796. The normalized spacial score (nSPS) is 11.4. The van der Waals surface area contributed by atoms with Crippen molar-refractivity contribution in [3.8, 4) is 11.1 Å². The van der Waals surface area contributed by atoms with Crippen molar-refractivity contribution in [2.75, 3.05) is 52.4 Å². The van der Waals surface area contributed by atoms with Gasteiger partial charge in [-0.1, -0.05) is 48.5 Å². The average molecular weight is 598 g/mol. The Labute approximate surface area is 228 Å². The van der Waals surface area contributed by atoms with Crippen molar-refractivity contribution in [2.45, 2.75) is 41.5 Å². The zero-order valence-corrected chi connectivity index (χ0v) is 24.9. The van der Waals surface area contributed by atoms with Crippen molar-refractivity contribution in [2.24, 2.45) is 0 Å². The average Bonchev–Trinajstić information content (AvgIpc) is 2.86. The number of likely N-dealkylation sites (N-methyl/N-ethyl adjacent to an activating group) is 2. The third-order valence-electron chi connectivity index (χ3n) is 7.73. The topological polar surface area (TPSA) is 34.1 Å². The van der Waals surface area contributed by atoms with Crippen LogP contribution in [0.5, 0.6) is 0 Å². The summed E-state index contributed by atoms with van der Waals surface area (Å²) in [5, 5.41) is 0. The second kappa shape index (κ2) is 14.9. The fourth-order valence-electron chi connectivity index (χ4n) is 4.50. The maximum absolute atomic E-state index is 12.8. The van der Waals surface area contributed by atoms with Crippen LogP contribution in [0.4, 0.5) is 0 Å². The zero-order valence-electron chi connectivity index (χ0n) is 21.7. The number of benzene rings is 2. The molecule has 34 heavy (non-hydrogen) atoms. The lowest BCUT2D eigenvalue weighted by Gasteiger charge is -2.35. The highest BCUT2D eigenvalue weighted by molar-refractivity contribution is 5.98. The van der Waals surface area contributed by atoms with Gasteiger partial charge in [0, 0.05) is 11.1 Å². The van der Waals surface area contributed by atoms with E-state index in [1.807, 2.05) is 48.5 Å². The van der Waals surface area contributed by atoms with Crippen LogP contribution in [0.15, 0.2) is 48.5 Å². The van der Waals surface area contributed by atoms with Gasteiger partial charge in [-0.05, 0) is 52.7 Å². The molecule has 6 heteroatoms. The molecule has 2 rings (SSSR count). The number of carbonyl (C=O) groups excluding carboxylic acids is 2. The van der Waals surface area contributed by atoms with E-state index >= 15 is 0 Å². The Hall–Kier alpha value is -1.34. The minimum Gasteiger partial charge on any atom is -1.00 e. The van der Waals surface area contributed by atoms with Gasteiger partial charge in [-0.2, -0.15) is 0 Å². The quantitative estimate of drug-likeness (QED) is 0.230. The van der Waals surface area contributed by atoms with Crippen LogP contribution in [0.3, 0.4) is 0 Å². The summed E-state index contributed by atoms with van der Waals surface area (Å²) in [4.78, 5) is 25.7. The van der Waals surface area contributed by atoms with E-state index in [2.05, 4.69) is 41.5 Å². The molecule has 0 spiro atoms. The van der Waals surface area contributed by atoms with Crippen molar-refractivity contribution >= 4 is 11.6 Å². The van der Waals surface area contributed by atoms with E-state index in [1.165, 1.54) is 0 Å². The zero-order chi connectivity index (χ0) is 23.8. The summed E-state index contributed by atoms with van der Waals surface area (Å²) >= 11 is 0. The SMILES string of the molecule is CC[N+](CC)(CC)CC(=O)c1ccc(-c2ccc(C(=O)C[N+](CC)(CC)CC)cc2)cc1.[Br-].[Br-]. The van der Waals surface area contributed by atoms with Gasteiger partial charge < -0.3 is 42.9 Å². The summed E-state index contributed by atoms with van der Waals surface area (Å²) in [6.07, 6.45) is 0. The van der Waals surface area contributed by atoms with Crippen LogP contribution in [0.1, 0.15) is 62.3 Å². The van der Waals surface area contributed by atoms with Crippen LogP contribution >= 0.6 is 0 Å². The van der Waals surface area contributed by atoms with Crippen LogP contribution in [-0.2, 0) is 0 Å². The summed E-state index contributed by atoms with van der Waals surface area (Å²) in [5.41, 5.74) is 3.66. The molecule has 0 aliphatic heterocycles. The highest BCUT2D eigenvalue weighted by Gasteiger charge is 2.26. The first-order valence-electron chi connectivity index (χ1n) is 12.3. The first-order valence-corrected chi connectivity index (χ1v) is 12.3. The Morgan fingerprint density at radius 3 is 0.941 bits per heavy atom. The number of halogens is 2. The van der Waals surface area contributed by atoms with Crippen LogP contribution in [-0.4, -0.2) is 72.9 Å². The molecule has 4 nitrogen and oxygen atoms in total. The van der Waals surface area contributed by atoms with Gasteiger partial charge in [-0.25, -0.2) is 0 Å². The van der Waals surface area contributed by atoms with Gasteiger partial charge >= 0.3 is 0 Å². The first-order chi connectivity index (χ1) is 15.3. The van der Waals surface area contributed by atoms with E-state index in [-0.39, 0.29) is 45.5 Å². The molecule has 0 fully saturated rings. The lowest BCUT2D eigenvalue weighted by molar-refractivity contribution is -0.915. The predicted octanol–water partition coefficient (Wildman–Crippen LogP) is -0.520. The van der Waals surface area contributed by atoms with Crippen LogP contribution in [0.2, 0.25) is 0 Å². The predicted molar refractivity (Wildman–Crippen MR) is 134 cm³/mol. The molecule has 0 aromatic heterocycles. The molecule has 0 radical (unpaired) electrons. The molecular formula is C28H42Br2N2O2. The van der Waals surface area contributed by atoms with Crippen LogP contribution < -0.4 is 34.0 Å². The largest absolute Gasteiger partial charge is 1.00 e. The Morgan fingerprint density at radius 1 is 0.500 bits per heavy atom. The first kappa shape index (κ1) is 32.7. The third kappa shape index (κ3) is 7.84. The summed E-state index contributed by atoms with van der Waals surface area (Å²) in [6, 6.07) is 15.8. The number of carbonyl (C=O) groups is 2. The van der Waals surface area contributed by atoms with Crippen molar-refractivity contribution in [3.63, 3.8) is 0 Å². The van der Waals surface area contributed by atoms with Gasteiger partial charge in [-0.15, -0.1) is 0 Å². The Balaban J connectivity index is 0.00000544. The van der Waals surface area contributed by atoms with Crippen molar-refractivity contribution in [1.29, 1.82) is 0 Å². The number of Topliss-reactive ketones (excluding diaryl/α,β-unsaturated/α-hetero) is 2. The smallest absolute Gasteiger partial charge is 0.216 e. The second-order valence-corrected chi connectivity index (χ2v) is 8.90. The lowest BCUT2D eigenvalue weighted by Crippen LogP contribution is -3.00. The highest BCUT2D eigenvalue weighted by atomic mass is 79.9. The van der Waals surface area contributed by atoms with Gasteiger partial charge in [0.05, 0.1) is 39.3 Å². The fourth-order valence-corrected chi connectivity index (χ4v) is 4.50. The molecule has 0 saturated carbocycles. The van der Waals surface area contributed by atoms with E-state index < -0.39 is 0 Å². The number of ketones is 2. The highest BCUT2D eigenvalue weighted by Crippen LogP contribution is 2.22. The van der Waals surface area contributed by atoms with E-state index in [9.17, 15) is 9.59 Å². The Kier molecular flexibility index (Phi) is 14.3. The number of hydrogen-bond acceptors (Lipinski definition) is 2. The number of hydrogen-bond donors (Lipinski definition) is 0. The standard InChI is InChI=1S/C28H42N2O2.2BrH/c1-7-29(8-2,9-3)21-27(31)25-17-13-23(14-18-25)24-15-19-26(20-16-24)28(32)22-30(10-4,11-5)12-6;;/h13-20H,7-12,21-22H2,1-6H3;2*1H/q+2;;/p-2. The maximum atomic E-state index is 12.8. The Morgan fingerprint density at radius 2 is 0.735 bits per heavy atom. The lowest BCUT2D eigenvalue weighted by atomic mass is 9.99. The molecule has 2 aromatic carbocycles. The molecule has 0 N–H and O–H groups in total. The fraction of sp³-hybridized carbons (Fsp3) is 0.500. The molecule has 0 amide bonds. The molecular weight excluding hydrogens is 556 g/mol. The second-order valence-electron chi connectivity index (χ2n) is 8.90. The van der Waals surface area contributed by atoms with E-state index in [0.29, 0.717) is 13.1 Å². The summed E-state index contributed by atoms with van der Waals surface area (Å²) < 4.78 is 1.65. The molecule has 0 aliphatic rings.